The Balaban J connectivity index is 0.885. The molecule has 13 aromatic rings. The van der Waals surface area contributed by atoms with Crippen LogP contribution in [0.15, 0.2) is 358 Å². The molecule has 4 nitrogen and oxygen atoms in total. The normalized spacial score (nSPS) is 13.3. The predicted molar refractivity (Wildman–Crippen MR) is 389 cm³/mol. The highest BCUT2D eigenvalue weighted by Gasteiger charge is 2.28. The first-order valence-electron chi connectivity index (χ1n) is 32.0. The van der Waals surface area contributed by atoms with E-state index in [1.807, 2.05) is 267 Å². The molecule has 0 aromatic heterocycles. The van der Waals surface area contributed by atoms with E-state index in [2.05, 4.69) is 92.4 Å². The largest absolute Gasteiger partial charge is 0.289 e. The lowest BCUT2D eigenvalue weighted by molar-refractivity contribution is 0.102. The Bertz CT molecular complexity index is 5030. The van der Waals surface area contributed by atoms with Crippen LogP contribution in [-0.2, 0) is 5.41 Å². The zero-order valence-electron chi connectivity index (χ0n) is 52.5. The number of hydrogen-bond acceptors (Lipinski definition) is 4. The third kappa shape index (κ3) is 13.0. The zero-order valence-corrected chi connectivity index (χ0v) is 52.5. The maximum atomic E-state index is 16.1. The topological polar surface area (TPSA) is 68.3 Å². The van der Waals surface area contributed by atoms with Gasteiger partial charge in [-0.05, 0) is 185 Å². The molecule has 0 amide bonds. The average Bonchev–Trinajstić information content (AvgIpc) is 0.862. The van der Waals surface area contributed by atoms with Crippen LogP contribution in [-0.4, -0.2) is 23.1 Å². The molecule has 0 N–H and O–H groups in total. The minimum Gasteiger partial charge on any atom is -0.289 e. The molecule has 0 bridgehead atoms. The van der Waals surface area contributed by atoms with E-state index in [1.54, 1.807) is 0 Å². The molecule has 1 aliphatic rings. The van der Waals surface area contributed by atoms with Gasteiger partial charge in [0.05, 0.1) is 0 Å². The van der Waals surface area contributed by atoms with Crippen molar-refractivity contribution in [2.24, 2.45) is 0 Å². The van der Waals surface area contributed by atoms with Crippen LogP contribution >= 0.6 is 0 Å². The number of rotatable bonds is 18. The molecule has 0 aliphatic heterocycles. The van der Waals surface area contributed by atoms with Gasteiger partial charge in [0.1, 0.15) is 0 Å². The summed E-state index contributed by atoms with van der Waals surface area (Å²) in [4.78, 5) is 60.0. The van der Waals surface area contributed by atoms with E-state index in [4.69, 9.17) is 0 Å². The first-order chi connectivity index (χ1) is 46.5. The van der Waals surface area contributed by atoms with Crippen molar-refractivity contribution in [3.8, 4) is 77.9 Å². The van der Waals surface area contributed by atoms with Crippen molar-refractivity contribution < 1.29 is 19.2 Å². The molecule has 4 heteroatoms. The third-order valence-corrected chi connectivity index (χ3v) is 18.1. The van der Waals surface area contributed by atoms with Gasteiger partial charge in [0.25, 0.3) is 0 Å². The van der Waals surface area contributed by atoms with Crippen LogP contribution in [0.5, 0.6) is 0 Å². The summed E-state index contributed by atoms with van der Waals surface area (Å²) >= 11 is 0. The molecule has 95 heavy (non-hydrogen) atoms. The molecular weight excluding hydrogens is 1160 g/mol. The summed E-state index contributed by atoms with van der Waals surface area (Å²) in [5, 5.41) is 0. The van der Waals surface area contributed by atoms with Crippen LogP contribution < -0.4 is 0 Å². The van der Waals surface area contributed by atoms with Crippen molar-refractivity contribution in [1.82, 2.24) is 0 Å². The fraction of sp³-hybridized carbons (Fsp3) is 0.0330. The lowest BCUT2D eigenvalue weighted by Crippen LogP contribution is -2.22. The number of benzene rings is 13. The Morgan fingerprint density at radius 2 is 0.516 bits per heavy atom. The monoisotopic (exact) mass is 1220 g/mol. The van der Waals surface area contributed by atoms with E-state index in [1.165, 1.54) is 0 Å². The average molecular weight is 1220 g/mol. The molecule has 1 atom stereocenters. The second kappa shape index (κ2) is 26.5. The van der Waals surface area contributed by atoms with E-state index in [9.17, 15) is 14.4 Å². The quantitative estimate of drug-likeness (QED) is 0.0803. The number of carbonyl (C=O) groups excluding carboxylic acids is 4. The van der Waals surface area contributed by atoms with Gasteiger partial charge in [-0.25, -0.2) is 0 Å². The molecule has 452 valence electrons. The second-order valence-electron chi connectivity index (χ2n) is 24.5. The summed E-state index contributed by atoms with van der Waals surface area (Å²) in [5.41, 5.74) is 19.6. The van der Waals surface area contributed by atoms with E-state index in [0.717, 1.165) is 95.4 Å². The van der Waals surface area contributed by atoms with Crippen molar-refractivity contribution in [2.75, 3.05) is 0 Å². The van der Waals surface area contributed by atoms with Crippen LogP contribution in [0.4, 0.5) is 0 Å². The Morgan fingerprint density at radius 3 is 0.853 bits per heavy atom. The SMILES string of the molecule is C=C(c1cccc(-c2ccccc2)c1)c1cccc(-c2cc(C(=O)c3cc(-c4cccc(C(=O)C5=C[C@@](C)(c6ccccc6)CC=C5)c4)cc(-c4cccc(C(=O)c5cccc(-c6ccccc6)c5)c4)c3)cc(-c3cccc(C(=O)c4cccc(-c5ccccc5)c4)c3)c2)c1. The number of ketones is 4. The predicted octanol–water partition coefficient (Wildman–Crippen LogP) is 22.1. The zero-order chi connectivity index (χ0) is 64.8. The molecule has 0 heterocycles. The molecule has 13 aromatic carbocycles. The molecule has 0 spiro atoms. The van der Waals surface area contributed by atoms with Gasteiger partial charge in [-0.15, -0.1) is 0 Å². The molecule has 0 unspecified atom stereocenters. The van der Waals surface area contributed by atoms with Crippen molar-refractivity contribution in [3.63, 3.8) is 0 Å². The molecule has 0 saturated heterocycles. The molecular formula is C91H64O4. The third-order valence-electron chi connectivity index (χ3n) is 18.1. The second-order valence-corrected chi connectivity index (χ2v) is 24.5. The summed E-state index contributed by atoms with van der Waals surface area (Å²) in [5.74, 6) is -0.626. The minimum atomic E-state index is -0.373. The van der Waals surface area contributed by atoms with Crippen molar-refractivity contribution in [2.45, 2.75) is 18.8 Å². The number of hydrogen-bond donors (Lipinski definition) is 0. The van der Waals surface area contributed by atoms with Crippen LogP contribution in [0.1, 0.15) is 88.2 Å². The first-order valence-corrected chi connectivity index (χ1v) is 32.0. The number of carbonyl (C=O) groups is 4. The molecule has 1 aliphatic carbocycles. The minimum absolute atomic E-state index is 0.107. The Hall–Kier alpha value is -12.2. The number of Topliss-reactive ketones (excluding diaryl/α,β-unsaturated/α-hetero) is 1. The summed E-state index contributed by atoms with van der Waals surface area (Å²) in [6.45, 7) is 6.79. The van der Waals surface area contributed by atoms with Gasteiger partial charge < -0.3 is 0 Å². The summed E-state index contributed by atoms with van der Waals surface area (Å²) < 4.78 is 0. The summed E-state index contributed by atoms with van der Waals surface area (Å²) in [6.07, 6.45) is 6.84. The Labute approximate surface area is 554 Å². The van der Waals surface area contributed by atoms with Crippen molar-refractivity contribution in [1.29, 1.82) is 0 Å². The lowest BCUT2D eigenvalue weighted by atomic mass is 9.75. The van der Waals surface area contributed by atoms with E-state index < -0.39 is 0 Å². The summed E-state index contributed by atoms with van der Waals surface area (Å²) in [7, 11) is 0. The molecule has 0 fully saturated rings. The van der Waals surface area contributed by atoms with Gasteiger partial charge >= 0.3 is 0 Å². The van der Waals surface area contributed by atoms with Crippen LogP contribution in [0, 0.1) is 0 Å². The van der Waals surface area contributed by atoms with Gasteiger partial charge in [0.2, 0.25) is 0 Å². The van der Waals surface area contributed by atoms with Crippen molar-refractivity contribution in [3.05, 3.63) is 414 Å². The molecule has 0 saturated carbocycles. The maximum absolute atomic E-state index is 16.1. The van der Waals surface area contributed by atoms with E-state index in [0.29, 0.717) is 55.6 Å². The maximum Gasteiger partial charge on any atom is 0.193 e. The molecule has 0 radical (unpaired) electrons. The standard InChI is InChI=1S/C91H64O4/c1-61(65-29-15-31-67(47-65)62-23-7-3-8-24-62)66-30-16-34-70(48-66)80-54-81(71-35-19-40-76(51-71)87(92)74-38-17-32-68(49-74)63-25-9-4-10-26-63)57-84(56-80)90(95)85-58-82(72-36-20-41-77(52-72)88(93)75-39-18-33-69(50-75)64-27-11-5-12-28-64)55-83(59-85)73-37-21-42-78(53-73)89(94)79-43-22-46-91(2,60-79)86-44-13-6-14-45-86/h3-45,47-60H,1,46H2,2H3/t91-/m0/s1. The first kappa shape index (κ1) is 60.3. The Kier molecular flexibility index (Phi) is 16.9. The Morgan fingerprint density at radius 1 is 0.263 bits per heavy atom. The lowest BCUT2D eigenvalue weighted by Gasteiger charge is -2.29. The van der Waals surface area contributed by atoms with Crippen LogP contribution in [0.2, 0.25) is 0 Å². The highest BCUT2D eigenvalue weighted by Crippen LogP contribution is 2.39. The van der Waals surface area contributed by atoms with Gasteiger partial charge in [-0.3, -0.25) is 19.2 Å². The van der Waals surface area contributed by atoms with Crippen LogP contribution in [0.25, 0.3) is 83.5 Å². The summed E-state index contributed by atoms with van der Waals surface area (Å²) in [6, 6.07) is 107. The van der Waals surface area contributed by atoms with Crippen molar-refractivity contribution >= 4 is 28.7 Å². The van der Waals surface area contributed by atoms with E-state index >= 15 is 4.79 Å². The van der Waals surface area contributed by atoms with Gasteiger partial charge in [0.15, 0.2) is 23.1 Å². The van der Waals surface area contributed by atoms with E-state index in [-0.39, 0.29) is 28.5 Å². The fourth-order valence-electron chi connectivity index (χ4n) is 12.9. The molecule has 14 rings (SSSR count). The van der Waals surface area contributed by atoms with Crippen LogP contribution in [0.3, 0.4) is 0 Å². The van der Waals surface area contributed by atoms with Gasteiger partial charge in [-0.2, -0.15) is 0 Å². The van der Waals surface area contributed by atoms with Gasteiger partial charge in [0, 0.05) is 49.9 Å². The number of allylic oxidation sites excluding steroid dienone is 4. The van der Waals surface area contributed by atoms with Gasteiger partial charge in [-0.1, -0.05) is 280 Å². The smallest absolute Gasteiger partial charge is 0.193 e. The fourth-order valence-corrected chi connectivity index (χ4v) is 12.9. The highest BCUT2D eigenvalue weighted by atomic mass is 16.1. The highest BCUT2D eigenvalue weighted by molar-refractivity contribution is 6.14.